The summed E-state index contributed by atoms with van der Waals surface area (Å²) in [6, 6.07) is 15.9. The molecule has 0 saturated carbocycles. The summed E-state index contributed by atoms with van der Waals surface area (Å²) in [4.78, 5) is 38.7. The van der Waals surface area contributed by atoms with E-state index >= 15 is 0 Å². The van der Waals surface area contributed by atoms with Crippen LogP contribution in [-0.2, 0) is 15.1 Å². The van der Waals surface area contributed by atoms with Gasteiger partial charge in [-0.2, -0.15) is 0 Å². The summed E-state index contributed by atoms with van der Waals surface area (Å²) in [6.07, 6.45) is 0.400. The number of benzene rings is 2. The van der Waals surface area contributed by atoms with E-state index in [4.69, 9.17) is 0 Å². The first kappa shape index (κ1) is 17.7. The fourth-order valence-electron chi connectivity index (χ4n) is 3.20. The number of nitrogens with one attached hydrogen (secondary N) is 2. The first-order valence-electron chi connectivity index (χ1n) is 8.52. The normalized spacial score (nSPS) is 19.4. The molecule has 1 unspecified atom stereocenters. The Hall–Kier alpha value is -3.15. The Morgan fingerprint density at radius 3 is 2.50 bits per heavy atom. The van der Waals surface area contributed by atoms with Gasteiger partial charge in [0.25, 0.3) is 5.91 Å². The van der Waals surface area contributed by atoms with Gasteiger partial charge < -0.3 is 10.6 Å². The minimum absolute atomic E-state index is 0.326. The molecule has 0 aliphatic carbocycles. The van der Waals surface area contributed by atoms with Crippen LogP contribution in [0.4, 0.5) is 10.5 Å². The SMILES string of the molecule is CCC1(c2ccccc2)NC(=O)N(CC(=O)Nc2cccc(C)c2)C1=O. The number of nitrogens with zero attached hydrogens (tertiary/aromatic N) is 1. The second-order valence-corrected chi connectivity index (χ2v) is 6.36. The lowest BCUT2D eigenvalue weighted by Gasteiger charge is -2.25. The number of imide groups is 1. The van der Waals surface area contributed by atoms with Crippen molar-refractivity contribution >= 4 is 23.5 Å². The van der Waals surface area contributed by atoms with Gasteiger partial charge in [-0.1, -0.05) is 49.4 Å². The van der Waals surface area contributed by atoms with Crippen molar-refractivity contribution in [3.8, 4) is 0 Å². The number of rotatable bonds is 5. The zero-order valence-corrected chi connectivity index (χ0v) is 14.8. The van der Waals surface area contributed by atoms with Crippen LogP contribution in [0.2, 0.25) is 0 Å². The van der Waals surface area contributed by atoms with Gasteiger partial charge in [0.15, 0.2) is 0 Å². The smallest absolute Gasteiger partial charge is 0.325 e. The Balaban J connectivity index is 1.77. The van der Waals surface area contributed by atoms with Gasteiger partial charge in [0, 0.05) is 5.69 Å². The predicted molar refractivity (Wildman–Crippen MR) is 98.5 cm³/mol. The molecule has 1 fully saturated rings. The van der Waals surface area contributed by atoms with E-state index in [0.717, 1.165) is 10.5 Å². The van der Waals surface area contributed by atoms with Gasteiger partial charge in [-0.3, -0.25) is 14.5 Å². The summed E-state index contributed by atoms with van der Waals surface area (Å²) in [5.74, 6) is -0.824. The molecule has 6 heteroatoms. The summed E-state index contributed by atoms with van der Waals surface area (Å²) in [7, 11) is 0. The molecule has 6 nitrogen and oxygen atoms in total. The first-order chi connectivity index (χ1) is 12.5. The van der Waals surface area contributed by atoms with E-state index in [0.29, 0.717) is 17.7 Å². The summed E-state index contributed by atoms with van der Waals surface area (Å²) in [6.45, 7) is 3.43. The minimum atomic E-state index is -1.12. The number of hydrogen-bond acceptors (Lipinski definition) is 3. The van der Waals surface area contributed by atoms with Crippen molar-refractivity contribution in [2.24, 2.45) is 0 Å². The second kappa shape index (κ2) is 7.00. The number of anilines is 1. The Labute approximate surface area is 152 Å². The maximum absolute atomic E-state index is 13.0. The summed E-state index contributed by atoms with van der Waals surface area (Å²) >= 11 is 0. The number of carbonyl (C=O) groups is 3. The van der Waals surface area contributed by atoms with Gasteiger partial charge in [0.05, 0.1) is 0 Å². The van der Waals surface area contributed by atoms with Gasteiger partial charge in [0.2, 0.25) is 5.91 Å². The lowest BCUT2D eigenvalue weighted by atomic mass is 9.87. The topological polar surface area (TPSA) is 78.5 Å². The van der Waals surface area contributed by atoms with Crippen LogP contribution in [0.3, 0.4) is 0 Å². The van der Waals surface area contributed by atoms with E-state index in [1.165, 1.54) is 0 Å². The van der Waals surface area contributed by atoms with E-state index in [9.17, 15) is 14.4 Å². The first-order valence-corrected chi connectivity index (χ1v) is 8.52. The zero-order chi connectivity index (χ0) is 18.7. The molecule has 0 spiro atoms. The van der Waals surface area contributed by atoms with Crippen molar-refractivity contribution in [3.63, 3.8) is 0 Å². The third-order valence-electron chi connectivity index (χ3n) is 4.58. The number of urea groups is 1. The highest BCUT2D eigenvalue weighted by Crippen LogP contribution is 2.32. The number of aryl methyl sites for hydroxylation is 1. The maximum Gasteiger partial charge on any atom is 0.325 e. The molecular formula is C20H21N3O3. The molecule has 2 aromatic rings. The predicted octanol–water partition coefficient (Wildman–Crippen LogP) is 2.79. The molecule has 1 aliphatic rings. The molecule has 1 atom stereocenters. The van der Waals surface area contributed by atoms with E-state index in [1.807, 2.05) is 50.2 Å². The van der Waals surface area contributed by atoms with Crippen LogP contribution in [0.25, 0.3) is 0 Å². The van der Waals surface area contributed by atoms with Crippen molar-refractivity contribution in [3.05, 3.63) is 65.7 Å². The number of carbonyl (C=O) groups excluding carboxylic acids is 3. The Morgan fingerprint density at radius 2 is 1.85 bits per heavy atom. The van der Waals surface area contributed by atoms with Crippen molar-refractivity contribution in [2.45, 2.75) is 25.8 Å². The monoisotopic (exact) mass is 351 g/mol. The van der Waals surface area contributed by atoms with E-state index in [1.54, 1.807) is 18.2 Å². The number of hydrogen-bond donors (Lipinski definition) is 2. The van der Waals surface area contributed by atoms with Gasteiger partial charge in [-0.05, 0) is 36.6 Å². The molecule has 26 heavy (non-hydrogen) atoms. The maximum atomic E-state index is 13.0. The fourth-order valence-corrected chi connectivity index (χ4v) is 3.20. The largest absolute Gasteiger partial charge is 0.325 e. The molecule has 1 saturated heterocycles. The number of amides is 4. The molecule has 1 heterocycles. The van der Waals surface area contributed by atoms with Crippen LogP contribution in [0.1, 0.15) is 24.5 Å². The molecule has 0 bridgehead atoms. The standard InChI is InChI=1S/C20H21N3O3/c1-3-20(15-9-5-4-6-10-15)18(25)23(19(26)22-20)13-17(24)21-16-11-7-8-14(2)12-16/h4-12H,3,13H2,1-2H3,(H,21,24)(H,22,26). The second-order valence-electron chi connectivity index (χ2n) is 6.36. The molecular weight excluding hydrogens is 330 g/mol. The van der Waals surface area contributed by atoms with E-state index in [2.05, 4.69) is 10.6 Å². The molecule has 4 amide bonds. The van der Waals surface area contributed by atoms with Gasteiger partial charge >= 0.3 is 6.03 Å². The molecule has 134 valence electrons. The van der Waals surface area contributed by atoms with Gasteiger partial charge in [-0.25, -0.2) is 4.79 Å². The van der Waals surface area contributed by atoms with Crippen molar-refractivity contribution in [1.82, 2.24) is 10.2 Å². The van der Waals surface area contributed by atoms with E-state index in [-0.39, 0.29) is 6.54 Å². The highest BCUT2D eigenvalue weighted by molar-refractivity contribution is 6.10. The van der Waals surface area contributed by atoms with Gasteiger partial charge in [0.1, 0.15) is 12.1 Å². The lowest BCUT2D eigenvalue weighted by Crippen LogP contribution is -2.44. The van der Waals surface area contributed by atoms with Crippen LogP contribution < -0.4 is 10.6 Å². The zero-order valence-electron chi connectivity index (χ0n) is 14.8. The average Bonchev–Trinajstić information content (AvgIpc) is 2.87. The van der Waals surface area contributed by atoms with Crippen LogP contribution >= 0.6 is 0 Å². The molecule has 1 aliphatic heterocycles. The van der Waals surface area contributed by atoms with Gasteiger partial charge in [-0.15, -0.1) is 0 Å². The third-order valence-corrected chi connectivity index (χ3v) is 4.58. The van der Waals surface area contributed by atoms with Crippen LogP contribution in [0.15, 0.2) is 54.6 Å². The quantitative estimate of drug-likeness (QED) is 0.813. The van der Waals surface area contributed by atoms with Crippen molar-refractivity contribution in [2.75, 3.05) is 11.9 Å². The Kier molecular flexibility index (Phi) is 4.75. The summed E-state index contributed by atoms with van der Waals surface area (Å²) in [5.41, 5.74) is 1.23. The Morgan fingerprint density at radius 1 is 1.12 bits per heavy atom. The van der Waals surface area contributed by atoms with E-state index < -0.39 is 23.4 Å². The van der Waals surface area contributed by atoms with Crippen LogP contribution in [0.5, 0.6) is 0 Å². The highest BCUT2D eigenvalue weighted by atomic mass is 16.2. The van der Waals surface area contributed by atoms with Crippen molar-refractivity contribution < 1.29 is 14.4 Å². The summed E-state index contributed by atoms with van der Waals surface area (Å²) < 4.78 is 0. The van der Waals surface area contributed by atoms with Crippen LogP contribution in [-0.4, -0.2) is 29.3 Å². The summed E-state index contributed by atoms with van der Waals surface area (Å²) in [5, 5.41) is 5.49. The van der Waals surface area contributed by atoms with Crippen LogP contribution in [0, 0.1) is 6.92 Å². The van der Waals surface area contributed by atoms with Crippen molar-refractivity contribution in [1.29, 1.82) is 0 Å². The minimum Gasteiger partial charge on any atom is -0.325 e. The molecule has 0 radical (unpaired) electrons. The Bertz CT molecular complexity index is 850. The lowest BCUT2D eigenvalue weighted by molar-refractivity contribution is -0.134. The molecule has 2 aromatic carbocycles. The molecule has 0 aromatic heterocycles. The third kappa shape index (κ3) is 3.18. The average molecular weight is 351 g/mol. The molecule has 3 rings (SSSR count). The highest BCUT2D eigenvalue weighted by Gasteiger charge is 2.51. The fraction of sp³-hybridized carbons (Fsp3) is 0.250. The molecule has 2 N–H and O–H groups in total.